The lowest BCUT2D eigenvalue weighted by atomic mass is 10.2. The first kappa shape index (κ1) is 16.2. The van der Waals surface area contributed by atoms with Gasteiger partial charge in [0.15, 0.2) is 0 Å². The maximum absolute atomic E-state index is 13.3. The SMILES string of the molecule is Cc1ccc(F)cc1S(=O)(=O)Nc1ccc(Cn2cccn2)cc1. The number of aromatic nitrogens is 2. The van der Waals surface area contributed by atoms with Gasteiger partial charge >= 0.3 is 0 Å². The van der Waals surface area contributed by atoms with Gasteiger partial charge in [-0.25, -0.2) is 12.8 Å². The molecule has 5 nitrogen and oxygen atoms in total. The van der Waals surface area contributed by atoms with Crippen molar-refractivity contribution < 1.29 is 12.8 Å². The number of hydrogen-bond acceptors (Lipinski definition) is 3. The van der Waals surface area contributed by atoms with Crippen molar-refractivity contribution in [3.05, 3.63) is 77.9 Å². The van der Waals surface area contributed by atoms with E-state index in [1.165, 1.54) is 12.1 Å². The minimum atomic E-state index is -3.84. The van der Waals surface area contributed by atoms with Crippen LogP contribution in [0.15, 0.2) is 65.8 Å². The second-order valence-electron chi connectivity index (χ2n) is 5.42. The van der Waals surface area contributed by atoms with E-state index in [0.29, 0.717) is 17.8 Å². The van der Waals surface area contributed by atoms with Gasteiger partial charge < -0.3 is 0 Å². The molecule has 0 saturated carbocycles. The molecule has 0 radical (unpaired) electrons. The smallest absolute Gasteiger partial charge is 0.262 e. The molecule has 0 atom stereocenters. The molecule has 3 aromatic rings. The molecule has 0 unspecified atom stereocenters. The Morgan fingerprint density at radius 1 is 1.17 bits per heavy atom. The lowest BCUT2D eigenvalue weighted by Crippen LogP contribution is -2.14. The van der Waals surface area contributed by atoms with Crippen molar-refractivity contribution >= 4 is 15.7 Å². The van der Waals surface area contributed by atoms with Crippen molar-refractivity contribution in [3.63, 3.8) is 0 Å². The van der Waals surface area contributed by atoms with Gasteiger partial charge in [0.05, 0.1) is 11.4 Å². The molecule has 3 rings (SSSR count). The summed E-state index contributed by atoms with van der Waals surface area (Å²) in [4.78, 5) is -0.0666. The van der Waals surface area contributed by atoms with Gasteiger partial charge in [0.2, 0.25) is 0 Å². The average Bonchev–Trinajstić information content (AvgIpc) is 3.04. The number of benzene rings is 2. The Balaban J connectivity index is 1.79. The molecular formula is C17H16FN3O2S. The van der Waals surface area contributed by atoms with Crippen LogP contribution in [0.3, 0.4) is 0 Å². The maximum atomic E-state index is 13.3. The summed E-state index contributed by atoms with van der Waals surface area (Å²) in [5, 5.41) is 4.12. The Labute approximate surface area is 139 Å². The van der Waals surface area contributed by atoms with Crippen LogP contribution in [0.4, 0.5) is 10.1 Å². The zero-order valence-corrected chi connectivity index (χ0v) is 13.8. The van der Waals surface area contributed by atoms with E-state index in [1.807, 2.05) is 24.4 Å². The van der Waals surface area contributed by atoms with E-state index >= 15 is 0 Å². The third kappa shape index (κ3) is 3.62. The summed E-state index contributed by atoms with van der Waals surface area (Å²) in [5.41, 5.74) is 1.89. The molecule has 1 N–H and O–H groups in total. The van der Waals surface area contributed by atoms with Crippen LogP contribution in [-0.2, 0) is 16.6 Å². The number of nitrogens with one attached hydrogen (secondary N) is 1. The lowest BCUT2D eigenvalue weighted by molar-refractivity contribution is 0.594. The first-order valence-corrected chi connectivity index (χ1v) is 8.78. The number of nitrogens with zero attached hydrogens (tertiary/aromatic N) is 2. The fraction of sp³-hybridized carbons (Fsp3) is 0.118. The van der Waals surface area contributed by atoms with Crippen molar-refractivity contribution in [1.29, 1.82) is 0 Å². The van der Waals surface area contributed by atoms with Crippen molar-refractivity contribution in [2.75, 3.05) is 4.72 Å². The highest BCUT2D eigenvalue weighted by Gasteiger charge is 2.17. The average molecular weight is 345 g/mol. The van der Waals surface area contributed by atoms with Crippen LogP contribution >= 0.6 is 0 Å². The lowest BCUT2D eigenvalue weighted by Gasteiger charge is -2.11. The molecule has 0 aliphatic heterocycles. The van der Waals surface area contributed by atoms with E-state index in [1.54, 1.807) is 29.9 Å². The molecule has 0 amide bonds. The van der Waals surface area contributed by atoms with Crippen molar-refractivity contribution in [3.8, 4) is 0 Å². The highest BCUT2D eigenvalue weighted by Crippen LogP contribution is 2.20. The largest absolute Gasteiger partial charge is 0.280 e. The third-order valence-corrected chi connectivity index (χ3v) is 5.07. The van der Waals surface area contributed by atoms with Gasteiger partial charge in [-0.05, 0) is 48.4 Å². The van der Waals surface area contributed by atoms with E-state index in [-0.39, 0.29) is 4.90 Å². The second-order valence-corrected chi connectivity index (χ2v) is 7.07. The Kier molecular flexibility index (Phi) is 4.35. The van der Waals surface area contributed by atoms with Crippen LogP contribution in [0, 0.1) is 12.7 Å². The summed E-state index contributed by atoms with van der Waals surface area (Å²) in [6, 6.07) is 12.5. The van der Waals surface area contributed by atoms with E-state index < -0.39 is 15.8 Å². The topological polar surface area (TPSA) is 64.0 Å². The van der Waals surface area contributed by atoms with Gasteiger partial charge in [0, 0.05) is 18.1 Å². The van der Waals surface area contributed by atoms with Crippen molar-refractivity contribution in [2.45, 2.75) is 18.4 Å². The van der Waals surface area contributed by atoms with Gasteiger partial charge in [-0.1, -0.05) is 18.2 Å². The fourth-order valence-electron chi connectivity index (χ4n) is 2.33. The number of anilines is 1. The predicted molar refractivity (Wildman–Crippen MR) is 89.7 cm³/mol. The molecule has 0 spiro atoms. The van der Waals surface area contributed by atoms with Crippen LogP contribution in [-0.4, -0.2) is 18.2 Å². The molecule has 1 aromatic heterocycles. The van der Waals surface area contributed by atoms with Crippen molar-refractivity contribution in [1.82, 2.24) is 9.78 Å². The van der Waals surface area contributed by atoms with E-state index in [2.05, 4.69) is 9.82 Å². The zero-order chi connectivity index (χ0) is 17.2. The van der Waals surface area contributed by atoms with Gasteiger partial charge in [-0.3, -0.25) is 9.40 Å². The number of aryl methyl sites for hydroxylation is 1. The number of halogens is 1. The molecule has 7 heteroatoms. The molecule has 0 saturated heterocycles. The number of rotatable bonds is 5. The normalized spacial score (nSPS) is 11.4. The van der Waals surface area contributed by atoms with Crippen LogP contribution in [0.1, 0.15) is 11.1 Å². The van der Waals surface area contributed by atoms with Crippen LogP contribution in [0.2, 0.25) is 0 Å². The van der Waals surface area contributed by atoms with E-state index in [4.69, 9.17) is 0 Å². The zero-order valence-electron chi connectivity index (χ0n) is 13.0. The maximum Gasteiger partial charge on any atom is 0.262 e. The van der Waals surface area contributed by atoms with Gasteiger partial charge in [-0.15, -0.1) is 0 Å². The minimum Gasteiger partial charge on any atom is -0.280 e. The summed E-state index contributed by atoms with van der Waals surface area (Å²) in [5.74, 6) is -0.587. The molecule has 1 heterocycles. The van der Waals surface area contributed by atoms with Gasteiger partial charge in [-0.2, -0.15) is 5.10 Å². The number of sulfonamides is 1. The van der Waals surface area contributed by atoms with Gasteiger partial charge in [0.1, 0.15) is 5.82 Å². The predicted octanol–water partition coefficient (Wildman–Crippen LogP) is 3.18. The van der Waals surface area contributed by atoms with Gasteiger partial charge in [0.25, 0.3) is 10.0 Å². The fourth-order valence-corrected chi connectivity index (χ4v) is 3.65. The van der Waals surface area contributed by atoms with E-state index in [9.17, 15) is 12.8 Å². The van der Waals surface area contributed by atoms with Crippen LogP contribution in [0.5, 0.6) is 0 Å². The summed E-state index contributed by atoms with van der Waals surface area (Å²) in [6.07, 6.45) is 3.55. The second kappa shape index (κ2) is 6.45. The number of hydrogen-bond donors (Lipinski definition) is 1. The van der Waals surface area contributed by atoms with E-state index in [0.717, 1.165) is 11.6 Å². The highest BCUT2D eigenvalue weighted by molar-refractivity contribution is 7.92. The third-order valence-electron chi connectivity index (χ3n) is 3.55. The first-order valence-electron chi connectivity index (χ1n) is 7.29. The van der Waals surface area contributed by atoms with Crippen molar-refractivity contribution in [2.24, 2.45) is 0 Å². The molecule has 24 heavy (non-hydrogen) atoms. The molecule has 0 fully saturated rings. The Morgan fingerprint density at radius 2 is 1.92 bits per heavy atom. The standard InChI is InChI=1S/C17H16FN3O2S/c1-13-3-6-15(18)11-17(13)24(22,23)20-16-7-4-14(5-8-16)12-21-10-2-9-19-21/h2-11,20H,12H2,1H3. The molecule has 0 aliphatic rings. The summed E-state index contributed by atoms with van der Waals surface area (Å²) < 4.78 is 42.4. The Hall–Kier alpha value is -2.67. The Morgan fingerprint density at radius 3 is 2.58 bits per heavy atom. The molecule has 0 aliphatic carbocycles. The van der Waals surface area contributed by atoms with Crippen LogP contribution in [0.25, 0.3) is 0 Å². The molecule has 2 aromatic carbocycles. The molecular weight excluding hydrogens is 329 g/mol. The summed E-state index contributed by atoms with van der Waals surface area (Å²) in [7, 11) is -3.84. The quantitative estimate of drug-likeness (QED) is 0.772. The Bertz CT molecular complexity index is 936. The summed E-state index contributed by atoms with van der Waals surface area (Å²) >= 11 is 0. The minimum absolute atomic E-state index is 0.0666. The first-order chi connectivity index (χ1) is 11.4. The molecule has 124 valence electrons. The monoisotopic (exact) mass is 345 g/mol. The molecule has 0 bridgehead atoms. The van der Waals surface area contributed by atoms with Crippen LogP contribution < -0.4 is 4.72 Å². The highest BCUT2D eigenvalue weighted by atomic mass is 32.2. The summed E-state index contributed by atoms with van der Waals surface area (Å²) in [6.45, 7) is 2.23.